The van der Waals surface area contributed by atoms with E-state index < -0.39 is 0 Å². The second-order valence-corrected chi connectivity index (χ2v) is 9.18. The number of rotatable bonds is 3. The molecule has 0 atom stereocenters. The van der Waals surface area contributed by atoms with Crippen LogP contribution in [0, 0.1) is 23.2 Å². The molecule has 1 aliphatic heterocycles. The number of likely N-dealkylation sites (tertiary alicyclic amines) is 1. The smallest absolute Gasteiger partial charge is 0.227 e. The summed E-state index contributed by atoms with van der Waals surface area (Å²) in [5, 5.41) is 3.28. The van der Waals surface area contributed by atoms with E-state index in [1.807, 2.05) is 25.7 Å². The van der Waals surface area contributed by atoms with Crippen LogP contribution in [0.25, 0.3) is 0 Å². The van der Waals surface area contributed by atoms with Crippen LogP contribution in [0.4, 0.5) is 0 Å². The Balaban J connectivity index is 1.75. The molecule has 0 aromatic rings. The first-order valence-electron chi connectivity index (χ1n) is 9.78. The van der Waals surface area contributed by atoms with E-state index >= 15 is 0 Å². The highest BCUT2D eigenvalue weighted by Gasteiger charge is 2.33. The standard InChI is InChI=1S/C20H36N2O2/c1-14(2)15-6-8-17(9-7-15)21-18(23)16-10-12-22(13-11-16)19(24)20(3,4)5/h14-17H,6-13H2,1-5H3,(H,21,23). The lowest BCUT2D eigenvalue weighted by Crippen LogP contribution is -2.48. The van der Waals surface area contributed by atoms with Gasteiger partial charge in [-0.3, -0.25) is 9.59 Å². The summed E-state index contributed by atoms with van der Waals surface area (Å²) in [7, 11) is 0. The molecule has 0 spiro atoms. The average Bonchev–Trinajstić information content (AvgIpc) is 2.54. The lowest BCUT2D eigenvalue weighted by atomic mass is 9.79. The van der Waals surface area contributed by atoms with Gasteiger partial charge in [0.25, 0.3) is 0 Å². The monoisotopic (exact) mass is 336 g/mol. The highest BCUT2D eigenvalue weighted by molar-refractivity contribution is 5.82. The van der Waals surface area contributed by atoms with Crippen LogP contribution in [0.15, 0.2) is 0 Å². The SMILES string of the molecule is CC(C)C1CCC(NC(=O)C2CCN(C(=O)C(C)(C)C)CC2)CC1. The van der Waals surface area contributed by atoms with Gasteiger partial charge in [0.05, 0.1) is 0 Å². The highest BCUT2D eigenvalue weighted by Crippen LogP contribution is 2.30. The van der Waals surface area contributed by atoms with E-state index in [-0.39, 0.29) is 23.1 Å². The molecule has 0 unspecified atom stereocenters. The number of nitrogens with one attached hydrogen (secondary N) is 1. The van der Waals surface area contributed by atoms with Gasteiger partial charge in [0, 0.05) is 30.5 Å². The molecule has 4 heteroatoms. The van der Waals surface area contributed by atoms with Crippen LogP contribution >= 0.6 is 0 Å². The minimum absolute atomic E-state index is 0.0804. The Hall–Kier alpha value is -1.06. The number of carbonyl (C=O) groups excluding carboxylic acids is 2. The Morgan fingerprint density at radius 1 is 0.958 bits per heavy atom. The molecule has 24 heavy (non-hydrogen) atoms. The van der Waals surface area contributed by atoms with Gasteiger partial charge in [0.15, 0.2) is 0 Å². The molecule has 1 saturated heterocycles. The lowest BCUT2D eigenvalue weighted by molar-refractivity contribution is -0.142. The number of piperidine rings is 1. The van der Waals surface area contributed by atoms with Crippen LogP contribution in [0.1, 0.15) is 73.1 Å². The zero-order chi connectivity index (χ0) is 17.9. The number of nitrogens with zero attached hydrogens (tertiary/aromatic N) is 1. The Morgan fingerprint density at radius 3 is 1.96 bits per heavy atom. The maximum Gasteiger partial charge on any atom is 0.227 e. The maximum absolute atomic E-state index is 12.5. The number of hydrogen-bond acceptors (Lipinski definition) is 2. The minimum atomic E-state index is -0.329. The van der Waals surface area contributed by atoms with E-state index in [2.05, 4.69) is 19.2 Å². The third kappa shape index (κ3) is 4.97. The molecule has 2 aliphatic rings. The van der Waals surface area contributed by atoms with Crippen molar-refractivity contribution in [2.24, 2.45) is 23.2 Å². The predicted octanol–water partition coefficient (Wildman–Crippen LogP) is 3.60. The quantitative estimate of drug-likeness (QED) is 0.856. The van der Waals surface area contributed by atoms with E-state index in [0.29, 0.717) is 19.1 Å². The first-order valence-corrected chi connectivity index (χ1v) is 9.78. The van der Waals surface area contributed by atoms with Gasteiger partial charge < -0.3 is 10.2 Å². The summed E-state index contributed by atoms with van der Waals surface area (Å²) in [5.74, 6) is 2.08. The summed E-state index contributed by atoms with van der Waals surface area (Å²) in [6, 6.07) is 0.363. The first-order chi connectivity index (χ1) is 11.2. The van der Waals surface area contributed by atoms with Gasteiger partial charge in [-0.1, -0.05) is 34.6 Å². The van der Waals surface area contributed by atoms with Crippen LogP contribution in [0.3, 0.4) is 0 Å². The molecule has 0 bridgehead atoms. The molecule has 0 radical (unpaired) electrons. The van der Waals surface area contributed by atoms with E-state index in [4.69, 9.17) is 0 Å². The average molecular weight is 337 g/mol. The number of hydrogen-bond donors (Lipinski definition) is 1. The van der Waals surface area contributed by atoms with Crippen LogP contribution in [-0.2, 0) is 9.59 Å². The Morgan fingerprint density at radius 2 is 1.50 bits per heavy atom. The fourth-order valence-corrected chi connectivity index (χ4v) is 4.07. The van der Waals surface area contributed by atoms with E-state index in [1.165, 1.54) is 12.8 Å². The lowest BCUT2D eigenvalue weighted by Gasteiger charge is -2.36. The summed E-state index contributed by atoms with van der Waals surface area (Å²) in [4.78, 5) is 26.8. The zero-order valence-electron chi connectivity index (χ0n) is 16.2. The third-order valence-corrected chi connectivity index (χ3v) is 5.86. The number of carbonyl (C=O) groups is 2. The Kier molecular flexibility index (Phi) is 6.33. The van der Waals surface area contributed by atoms with Crippen molar-refractivity contribution < 1.29 is 9.59 Å². The van der Waals surface area contributed by atoms with Gasteiger partial charge in [-0.05, 0) is 50.4 Å². The van der Waals surface area contributed by atoms with Crippen molar-refractivity contribution in [2.45, 2.75) is 79.2 Å². The van der Waals surface area contributed by atoms with Gasteiger partial charge in [0.2, 0.25) is 11.8 Å². The maximum atomic E-state index is 12.5. The van der Waals surface area contributed by atoms with Crippen LogP contribution in [0.2, 0.25) is 0 Å². The van der Waals surface area contributed by atoms with Crippen molar-refractivity contribution in [3.63, 3.8) is 0 Å². The molecule has 1 N–H and O–H groups in total. The molecular weight excluding hydrogens is 300 g/mol. The van der Waals surface area contributed by atoms with Crippen molar-refractivity contribution in [1.82, 2.24) is 10.2 Å². The third-order valence-electron chi connectivity index (χ3n) is 5.86. The molecule has 2 fully saturated rings. The normalized spacial score (nSPS) is 26.5. The second-order valence-electron chi connectivity index (χ2n) is 9.18. The van der Waals surface area contributed by atoms with Gasteiger partial charge in [-0.25, -0.2) is 0 Å². The molecule has 1 heterocycles. The number of amides is 2. The van der Waals surface area contributed by atoms with Gasteiger partial charge in [0.1, 0.15) is 0 Å². The van der Waals surface area contributed by atoms with E-state index in [9.17, 15) is 9.59 Å². The molecule has 1 saturated carbocycles. The van der Waals surface area contributed by atoms with Gasteiger partial charge in [-0.15, -0.1) is 0 Å². The van der Waals surface area contributed by atoms with Crippen LogP contribution in [0.5, 0.6) is 0 Å². The summed E-state index contributed by atoms with van der Waals surface area (Å²) < 4.78 is 0. The molecule has 4 nitrogen and oxygen atoms in total. The van der Waals surface area contributed by atoms with Gasteiger partial charge in [-0.2, -0.15) is 0 Å². The van der Waals surface area contributed by atoms with Crippen molar-refractivity contribution in [3.05, 3.63) is 0 Å². The Labute approximate surface area is 147 Å². The molecule has 0 aromatic heterocycles. The second kappa shape index (κ2) is 7.88. The summed E-state index contributed by atoms with van der Waals surface area (Å²) in [5.41, 5.74) is -0.329. The highest BCUT2D eigenvalue weighted by atomic mass is 16.2. The molecule has 0 aromatic carbocycles. The van der Waals surface area contributed by atoms with E-state index in [0.717, 1.165) is 37.5 Å². The van der Waals surface area contributed by atoms with Crippen molar-refractivity contribution in [2.75, 3.05) is 13.1 Å². The molecule has 2 rings (SSSR count). The summed E-state index contributed by atoms with van der Waals surface area (Å²) in [6.45, 7) is 11.9. The molecule has 1 aliphatic carbocycles. The van der Waals surface area contributed by atoms with Crippen molar-refractivity contribution in [1.29, 1.82) is 0 Å². The summed E-state index contributed by atoms with van der Waals surface area (Å²) >= 11 is 0. The Bertz CT molecular complexity index is 437. The predicted molar refractivity (Wildman–Crippen MR) is 97.5 cm³/mol. The van der Waals surface area contributed by atoms with E-state index in [1.54, 1.807) is 0 Å². The van der Waals surface area contributed by atoms with Crippen LogP contribution in [-0.4, -0.2) is 35.8 Å². The largest absolute Gasteiger partial charge is 0.353 e. The van der Waals surface area contributed by atoms with Crippen molar-refractivity contribution in [3.8, 4) is 0 Å². The molecule has 2 amide bonds. The fraction of sp³-hybridized carbons (Fsp3) is 0.900. The van der Waals surface area contributed by atoms with Gasteiger partial charge >= 0.3 is 0 Å². The van der Waals surface area contributed by atoms with Crippen molar-refractivity contribution >= 4 is 11.8 Å². The fourth-order valence-electron chi connectivity index (χ4n) is 4.07. The zero-order valence-corrected chi connectivity index (χ0v) is 16.2. The van der Waals surface area contributed by atoms with Crippen LogP contribution < -0.4 is 5.32 Å². The first kappa shape index (κ1) is 19.3. The topological polar surface area (TPSA) is 49.4 Å². The molecule has 138 valence electrons. The minimum Gasteiger partial charge on any atom is -0.353 e. The summed E-state index contributed by atoms with van der Waals surface area (Å²) in [6.07, 6.45) is 6.32. The molecular formula is C20H36N2O2.